The van der Waals surface area contributed by atoms with Crippen molar-refractivity contribution >= 4 is 58.6 Å². The molecule has 2 aliphatic heterocycles. The molecule has 0 aromatic carbocycles. The number of nitrogens with zero attached hydrogens (tertiary/aromatic N) is 2. The first-order valence-corrected chi connectivity index (χ1v) is 10.8. The third-order valence-electron chi connectivity index (χ3n) is 4.23. The third-order valence-corrected chi connectivity index (χ3v) is 5.82. The van der Waals surface area contributed by atoms with Gasteiger partial charge in [0.2, 0.25) is 17.8 Å². The molecular weight excluding hydrogens is 470 g/mol. The highest BCUT2D eigenvalue weighted by molar-refractivity contribution is 8.00. The van der Waals surface area contributed by atoms with Crippen LogP contribution in [0.25, 0.3) is 0 Å². The number of fused-ring (bicyclic) bond motifs is 1. The maximum absolute atomic E-state index is 12.8. The lowest BCUT2D eigenvalue weighted by molar-refractivity contribution is -0.182. The number of carbonyl (C=O) groups excluding carboxylic acids is 5. The van der Waals surface area contributed by atoms with E-state index in [1.54, 1.807) is 0 Å². The predicted molar refractivity (Wildman–Crippen MR) is 111 cm³/mol. The summed E-state index contributed by atoms with van der Waals surface area (Å²) in [6.07, 6.45) is -1.18. The monoisotopic (exact) mass is 491 g/mol. The number of esters is 2. The summed E-state index contributed by atoms with van der Waals surface area (Å²) < 4.78 is 15.0. The molecule has 2 amide bonds. The molecule has 2 heterocycles. The molecule has 1 N–H and O–H groups in total. The van der Waals surface area contributed by atoms with E-state index >= 15 is 0 Å². The standard InChI is InChI=1S/C18H22ClN3O9S/c1-8(23)30-9(2)31-18(27)14-10(6-28-3)7-32-17-13(16(26)22(14)17)20-15(25)12(21-29-4)11(24)5-19/h9,13,17H,5-7H2,1-4H3,(H,20,25)/t9?,13?,17-/m1/s1. The van der Waals surface area contributed by atoms with Gasteiger partial charge in [0.1, 0.15) is 24.2 Å². The molecule has 1 fully saturated rings. The molecule has 0 saturated carbocycles. The van der Waals surface area contributed by atoms with Gasteiger partial charge < -0.3 is 24.4 Å². The number of hydrogen-bond donors (Lipinski definition) is 1. The zero-order valence-electron chi connectivity index (χ0n) is 17.7. The first kappa shape index (κ1) is 25.6. The summed E-state index contributed by atoms with van der Waals surface area (Å²) in [7, 11) is 2.58. The Labute approximate surface area is 192 Å². The van der Waals surface area contributed by atoms with Crippen LogP contribution < -0.4 is 5.32 Å². The number of nitrogens with one attached hydrogen (secondary N) is 1. The molecule has 14 heteroatoms. The summed E-state index contributed by atoms with van der Waals surface area (Å²) >= 11 is 6.76. The lowest BCUT2D eigenvalue weighted by atomic mass is 10.0. The van der Waals surface area contributed by atoms with Crippen LogP contribution in [0.5, 0.6) is 0 Å². The van der Waals surface area contributed by atoms with Crippen LogP contribution in [-0.4, -0.2) is 90.3 Å². The highest BCUT2D eigenvalue weighted by Gasteiger charge is 2.55. The maximum Gasteiger partial charge on any atom is 0.358 e. The molecule has 0 radical (unpaired) electrons. The average Bonchev–Trinajstić information content (AvgIpc) is 2.74. The number of carbonyl (C=O) groups is 5. The average molecular weight is 492 g/mol. The van der Waals surface area contributed by atoms with Gasteiger partial charge in [-0.05, 0) is 5.57 Å². The van der Waals surface area contributed by atoms with E-state index in [1.165, 1.54) is 30.7 Å². The van der Waals surface area contributed by atoms with Crippen molar-refractivity contribution in [3.05, 3.63) is 11.3 Å². The zero-order chi connectivity index (χ0) is 24.0. The van der Waals surface area contributed by atoms with Crippen molar-refractivity contribution in [3.63, 3.8) is 0 Å². The van der Waals surface area contributed by atoms with Crippen molar-refractivity contribution in [1.29, 1.82) is 0 Å². The Hall–Kier alpha value is -2.64. The summed E-state index contributed by atoms with van der Waals surface area (Å²) in [5, 5.41) is 5.15. The van der Waals surface area contributed by atoms with Gasteiger partial charge in [-0.1, -0.05) is 5.16 Å². The lowest BCUT2D eigenvalue weighted by Crippen LogP contribution is -2.71. The molecule has 0 aliphatic carbocycles. The number of rotatable bonds is 10. The molecule has 2 rings (SSSR count). The van der Waals surface area contributed by atoms with Crippen molar-refractivity contribution in [2.24, 2.45) is 5.16 Å². The molecular formula is C18H22ClN3O9S. The van der Waals surface area contributed by atoms with E-state index < -0.39 is 58.8 Å². The Morgan fingerprint density at radius 3 is 2.53 bits per heavy atom. The van der Waals surface area contributed by atoms with Gasteiger partial charge in [0, 0.05) is 26.7 Å². The van der Waals surface area contributed by atoms with Crippen LogP contribution in [-0.2, 0) is 43.0 Å². The fourth-order valence-electron chi connectivity index (χ4n) is 3.00. The van der Waals surface area contributed by atoms with Gasteiger partial charge >= 0.3 is 11.9 Å². The number of oxime groups is 1. The Morgan fingerprint density at radius 2 is 1.97 bits per heavy atom. The van der Waals surface area contributed by atoms with Gasteiger partial charge in [-0.3, -0.25) is 24.1 Å². The van der Waals surface area contributed by atoms with Gasteiger partial charge in [-0.15, -0.1) is 23.4 Å². The first-order chi connectivity index (χ1) is 15.2. The van der Waals surface area contributed by atoms with E-state index in [-0.39, 0.29) is 12.3 Å². The van der Waals surface area contributed by atoms with Crippen molar-refractivity contribution in [3.8, 4) is 0 Å². The minimum absolute atomic E-state index is 0.0484. The van der Waals surface area contributed by atoms with Gasteiger partial charge in [0.15, 0.2) is 0 Å². The predicted octanol–water partition coefficient (Wildman–Crippen LogP) is -0.451. The van der Waals surface area contributed by atoms with Crippen molar-refractivity contribution in [2.75, 3.05) is 32.5 Å². The van der Waals surface area contributed by atoms with Gasteiger partial charge in [0.25, 0.3) is 11.8 Å². The summed E-state index contributed by atoms with van der Waals surface area (Å²) in [4.78, 5) is 66.6. The van der Waals surface area contributed by atoms with Crippen LogP contribution in [0.2, 0.25) is 0 Å². The Balaban J connectivity index is 2.21. The molecule has 2 aliphatic rings. The van der Waals surface area contributed by atoms with Crippen LogP contribution in [0.1, 0.15) is 13.8 Å². The second-order valence-corrected chi connectivity index (χ2v) is 7.88. The van der Waals surface area contributed by atoms with Gasteiger partial charge in [-0.2, -0.15) is 0 Å². The largest absolute Gasteiger partial charge is 0.426 e. The minimum atomic E-state index is -1.18. The lowest BCUT2D eigenvalue weighted by Gasteiger charge is -2.49. The van der Waals surface area contributed by atoms with E-state index in [9.17, 15) is 24.0 Å². The number of halogens is 1. The van der Waals surface area contributed by atoms with Gasteiger partial charge in [-0.25, -0.2) is 4.79 Å². The molecule has 0 bridgehead atoms. The molecule has 3 atom stereocenters. The fourth-order valence-corrected chi connectivity index (χ4v) is 4.46. The number of alkyl halides is 1. The number of hydrogen-bond acceptors (Lipinski definition) is 11. The van der Waals surface area contributed by atoms with Crippen LogP contribution in [0.4, 0.5) is 0 Å². The molecule has 32 heavy (non-hydrogen) atoms. The van der Waals surface area contributed by atoms with E-state index in [4.69, 9.17) is 25.8 Å². The molecule has 2 unspecified atom stereocenters. The van der Waals surface area contributed by atoms with Crippen molar-refractivity contribution < 1.29 is 43.0 Å². The minimum Gasteiger partial charge on any atom is -0.426 e. The fraction of sp³-hybridized carbons (Fsp3) is 0.556. The summed E-state index contributed by atoms with van der Waals surface area (Å²) in [6, 6.07) is -1.03. The number of methoxy groups -OCH3 is 1. The molecule has 1 saturated heterocycles. The van der Waals surface area contributed by atoms with Crippen LogP contribution in [0, 0.1) is 0 Å². The van der Waals surface area contributed by atoms with Gasteiger partial charge in [0.05, 0.1) is 12.5 Å². The molecule has 0 aromatic rings. The topological polar surface area (TPSA) is 150 Å². The van der Waals surface area contributed by atoms with E-state index in [0.717, 1.165) is 14.0 Å². The van der Waals surface area contributed by atoms with Crippen LogP contribution in [0.15, 0.2) is 16.4 Å². The Kier molecular flexibility index (Phi) is 9.04. The maximum atomic E-state index is 12.8. The molecule has 12 nitrogen and oxygen atoms in total. The summed E-state index contributed by atoms with van der Waals surface area (Å²) in [6.45, 7) is 2.58. The van der Waals surface area contributed by atoms with Crippen molar-refractivity contribution in [1.82, 2.24) is 10.2 Å². The van der Waals surface area contributed by atoms with E-state index in [0.29, 0.717) is 11.3 Å². The first-order valence-electron chi connectivity index (χ1n) is 9.21. The number of amides is 2. The number of β-lactam (4-membered cyclic amide) rings is 1. The second kappa shape index (κ2) is 11.3. The molecule has 0 aromatic heterocycles. The molecule has 176 valence electrons. The zero-order valence-corrected chi connectivity index (χ0v) is 19.3. The second-order valence-electron chi connectivity index (χ2n) is 6.51. The van der Waals surface area contributed by atoms with E-state index in [1.807, 2.05) is 0 Å². The van der Waals surface area contributed by atoms with Crippen LogP contribution >= 0.6 is 23.4 Å². The quantitative estimate of drug-likeness (QED) is 0.0809. The number of Topliss-reactive ketones (excluding diaryl/α,β-unsaturated/α-hetero) is 1. The number of ether oxygens (including phenoxy) is 3. The van der Waals surface area contributed by atoms with E-state index in [2.05, 4.69) is 15.3 Å². The highest BCUT2D eigenvalue weighted by Crippen LogP contribution is 2.40. The number of ketones is 1. The smallest absolute Gasteiger partial charge is 0.358 e. The SMILES string of the molecule is COCC1=C(C(=O)OC(C)OC(C)=O)N2C(=O)C(NC(=O)C(=NOC)C(=O)CCl)[C@H]2SC1. The Bertz CT molecular complexity index is 876. The Morgan fingerprint density at radius 1 is 1.28 bits per heavy atom. The molecule has 0 spiro atoms. The summed E-state index contributed by atoms with van der Waals surface area (Å²) in [5.74, 6) is -4.04. The third kappa shape index (κ3) is 5.58. The highest BCUT2D eigenvalue weighted by atomic mass is 35.5. The van der Waals surface area contributed by atoms with Crippen LogP contribution in [0.3, 0.4) is 0 Å². The number of thioether (sulfide) groups is 1. The summed E-state index contributed by atoms with van der Waals surface area (Å²) in [5.41, 5.74) is -0.140. The van der Waals surface area contributed by atoms with Crippen molar-refractivity contribution in [2.45, 2.75) is 31.6 Å². The normalized spacial score (nSPS) is 21.2.